The van der Waals surface area contributed by atoms with Gasteiger partial charge in [-0.15, -0.1) is 0 Å². The predicted octanol–water partition coefficient (Wildman–Crippen LogP) is 2.65. The van der Waals surface area contributed by atoms with Crippen LogP contribution < -0.4 is 10.1 Å². The summed E-state index contributed by atoms with van der Waals surface area (Å²) in [6, 6.07) is 11.2. The van der Waals surface area contributed by atoms with Gasteiger partial charge in [-0.05, 0) is 74.1 Å². The van der Waals surface area contributed by atoms with Crippen LogP contribution in [0, 0.1) is 6.92 Å². The van der Waals surface area contributed by atoms with Crippen molar-refractivity contribution in [1.82, 2.24) is 13.9 Å². The number of rotatable bonds is 9. The third-order valence-corrected chi connectivity index (χ3v) is 10.4. The number of hydrogen-bond acceptors (Lipinski definition) is 6. The molecule has 0 radical (unpaired) electrons. The predicted molar refractivity (Wildman–Crippen MR) is 136 cm³/mol. The van der Waals surface area contributed by atoms with Gasteiger partial charge in [0.1, 0.15) is 5.75 Å². The van der Waals surface area contributed by atoms with Crippen LogP contribution in [0.4, 0.5) is 0 Å². The molecule has 0 bridgehead atoms. The summed E-state index contributed by atoms with van der Waals surface area (Å²) in [5.74, 6) is 0.103. The molecule has 4 rings (SSSR count). The number of nitrogens with zero attached hydrogens (tertiary/aromatic N) is 2. The van der Waals surface area contributed by atoms with E-state index >= 15 is 0 Å². The molecular formula is C25H33N3O6S2. The van der Waals surface area contributed by atoms with Gasteiger partial charge in [-0.25, -0.2) is 16.8 Å². The number of nitrogens with one attached hydrogen (secondary N) is 1. The Hall–Kier alpha value is -2.47. The van der Waals surface area contributed by atoms with Crippen molar-refractivity contribution < 1.29 is 26.4 Å². The fourth-order valence-corrected chi connectivity index (χ4v) is 7.57. The molecule has 2 aromatic rings. The van der Waals surface area contributed by atoms with Crippen LogP contribution in [-0.4, -0.2) is 64.1 Å². The molecule has 0 saturated carbocycles. The first-order valence-corrected chi connectivity index (χ1v) is 15.2. The Morgan fingerprint density at radius 1 is 0.806 bits per heavy atom. The van der Waals surface area contributed by atoms with Gasteiger partial charge >= 0.3 is 0 Å². The molecule has 1 N–H and O–H groups in total. The molecule has 2 aliphatic rings. The maximum atomic E-state index is 12.8. The molecule has 1 amide bonds. The van der Waals surface area contributed by atoms with E-state index < -0.39 is 20.0 Å². The molecule has 36 heavy (non-hydrogen) atoms. The van der Waals surface area contributed by atoms with Crippen molar-refractivity contribution in [1.29, 1.82) is 0 Å². The summed E-state index contributed by atoms with van der Waals surface area (Å²) in [5.41, 5.74) is 1.40. The number of benzene rings is 2. The Balaban J connectivity index is 1.28. The number of carbonyl (C=O) groups excluding carboxylic acids is 1. The Morgan fingerprint density at radius 3 is 1.92 bits per heavy atom. The van der Waals surface area contributed by atoms with E-state index in [9.17, 15) is 21.6 Å². The van der Waals surface area contributed by atoms with Gasteiger partial charge in [0.15, 0.2) is 6.61 Å². The molecule has 0 aliphatic carbocycles. The average molecular weight is 536 g/mol. The average Bonchev–Trinajstić information content (AvgIpc) is 3.44. The molecule has 2 aromatic carbocycles. The third kappa shape index (κ3) is 6.08. The van der Waals surface area contributed by atoms with E-state index in [2.05, 4.69) is 5.32 Å². The Bertz CT molecular complexity index is 1280. The molecule has 196 valence electrons. The lowest BCUT2D eigenvalue weighted by Gasteiger charge is -2.25. The molecule has 2 aliphatic heterocycles. The van der Waals surface area contributed by atoms with Gasteiger partial charge in [-0.3, -0.25) is 4.79 Å². The third-order valence-electron chi connectivity index (χ3n) is 6.57. The number of aryl methyl sites for hydroxylation is 1. The fourth-order valence-electron chi connectivity index (χ4n) is 4.45. The second-order valence-corrected chi connectivity index (χ2v) is 13.1. The molecule has 2 saturated heterocycles. The van der Waals surface area contributed by atoms with Crippen molar-refractivity contribution in [2.45, 2.75) is 55.4 Å². The highest BCUT2D eigenvalue weighted by Crippen LogP contribution is 2.26. The highest BCUT2D eigenvalue weighted by Gasteiger charge is 2.28. The second kappa shape index (κ2) is 11.3. The summed E-state index contributed by atoms with van der Waals surface area (Å²) in [6.07, 6.45) is 4.56. The monoisotopic (exact) mass is 535 g/mol. The Kier molecular flexibility index (Phi) is 8.34. The highest BCUT2D eigenvalue weighted by molar-refractivity contribution is 7.89. The summed E-state index contributed by atoms with van der Waals surface area (Å²) in [7, 11) is -6.99. The van der Waals surface area contributed by atoms with Crippen molar-refractivity contribution in [3.8, 4) is 5.75 Å². The number of sulfonamides is 2. The SMILES string of the molecule is Cc1cc(S(=O)(=O)N2CCCC2)ccc1OCC(=O)NCc1ccc(S(=O)(=O)N2CCCCC2)cc1. The minimum absolute atomic E-state index is 0.222. The molecular weight excluding hydrogens is 502 g/mol. The number of carbonyl (C=O) groups is 1. The first kappa shape index (κ1) is 26.6. The lowest BCUT2D eigenvalue weighted by atomic mass is 10.2. The van der Waals surface area contributed by atoms with E-state index in [1.807, 2.05) is 0 Å². The summed E-state index contributed by atoms with van der Waals surface area (Å²) < 4.78 is 59.6. The van der Waals surface area contributed by atoms with E-state index in [1.165, 1.54) is 14.7 Å². The maximum Gasteiger partial charge on any atom is 0.258 e. The van der Waals surface area contributed by atoms with E-state index in [0.717, 1.165) is 37.7 Å². The van der Waals surface area contributed by atoms with Crippen LogP contribution in [0.5, 0.6) is 5.75 Å². The molecule has 9 nitrogen and oxygen atoms in total. The number of ether oxygens (including phenoxy) is 1. The number of piperidine rings is 1. The largest absolute Gasteiger partial charge is 0.484 e. The van der Waals surface area contributed by atoms with E-state index in [1.54, 1.807) is 43.3 Å². The summed E-state index contributed by atoms with van der Waals surface area (Å²) in [5, 5.41) is 2.76. The van der Waals surface area contributed by atoms with Crippen molar-refractivity contribution in [3.05, 3.63) is 53.6 Å². The Labute approximate surface area is 213 Å². The quantitative estimate of drug-likeness (QED) is 0.528. The number of hydrogen-bond donors (Lipinski definition) is 1. The second-order valence-electron chi connectivity index (χ2n) is 9.21. The fraction of sp³-hybridized carbons (Fsp3) is 0.480. The lowest BCUT2D eigenvalue weighted by molar-refractivity contribution is -0.123. The van der Waals surface area contributed by atoms with Gasteiger partial charge in [-0.2, -0.15) is 8.61 Å². The Morgan fingerprint density at radius 2 is 1.33 bits per heavy atom. The first-order chi connectivity index (χ1) is 17.2. The van der Waals surface area contributed by atoms with Crippen LogP contribution in [0.15, 0.2) is 52.3 Å². The highest BCUT2D eigenvalue weighted by atomic mass is 32.2. The molecule has 0 spiro atoms. The zero-order valence-corrected chi connectivity index (χ0v) is 22.1. The topological polar surface area (TPSA) is 113 Å². The van der Waals surface area contributed by atoms with Gasteiger partial charge < -0.3 is 10.1 Å². The van der Waals surface area contributed by atoms with Gasteiger partial charge in [0, 0.05) is 32.7 Å². The smallest absolute Gasteiger partial charge is 0.258 e. The maximum absolute atomic E-state index is 12.8. The van der Waals surface area contributed by atoms with Gasteiger partial charge in [0.05, 0.1) is 9.79 Å². The standard InChI is InChI=1S/C25H33N3O6S2/c1-20-17-23(36(32,33)28-15-5-6-16-28)11-12-24(20)34-19-25(29)26-18-21-7-9-22(10-8-21)35(30,31)27-13-3-2-4-14-27/h7-12,17H,2-6,13-16,18-19H2,1H3,(H,26,29). The van der Waals surface area contributed by atoms with Gasteiger partial charge in [0.2, 0.25) is 20.0 Å². The van der Waals surface area contributed by atoms with Gasteiger partial charge in [0.25, 0.3) is 5.91 Å². The molecule has 2 fully saturated rings. The summed E-state index contributed by atoms with van der Waals surface area (Å²) in [4.78, 5) is 12.8. The van der Waals surface area contributed by atoms with E-state index in [0.29, 0.717) is 37.5 Å². The molecule has 0 unspecified atom stereocenters. The van der Waals surface area contributed by atoms with Crippen LogP contribution in [0.25, 0.3) is 0 Å². The summed E-state index contributed by atoms with van der Waals surface area (Å²) in [6.45, 7) is 3.94. The van der Waals surface area contributed by atoms with E-state index in [4.69, 9.17) is 4.74 Å². The molecule has 0 aromatic heterocycles. The van der Waals surface area contributed by atoms with Crippen LogP contribution >= 0.6 is 0 Å². The number of amides is 1. The van der Waals surface area contributed by atoms with E-state index in [-0.39, 0.29) is 28.8 Å². The zero-order valence-electron chi connectivity index (χ0n) is 20.5. The molecule has 11 heteroatoms. The van der Waals surface area contributed by atoms with Crippen LogP contribution in [0.1, 0.15) is 43.2 Å². The van der Waals surface area contributed by atoms with Crippen molar-refractivity contribution >= 4 is 26.0 Å². The molecule has 2 heterocycles. The van der Waals surface area contributed by atoms with Crippen LogP contribution in [0.2, 0.25) is 0 Å². The minimum Gasteiger partial charge on any atom is -0.484 e. The van der Waals surface area contributed by atoms with Crippen molar-refractivity contribution in [2.24, 2.45) is 0 Å². The van der Waals surface area contributed by atoms with Crippen LogP contribution in [0.3, 0.4) is 0 Å². The lowest BCUT2D eigenvalue weighted by Crippen LogP contribution is -2.35. The zero-order chi connectivity index (χ0) is 25.8. The first-order valence-electron chi connectivity index (χ1n) is 12.3. The van der Waals surface area contributed by atoms with Crippen molar-refractivity contribution in [2.75, 3.05) is 32.8 Å². The van der Waals surface area contributed by atoms with Crippen molar-refractivity contribution in [3.63, 3.8) is 0 Å². The van der Waals surface area contributed by atoms with Crippen LogP contribution in [-0.2, 0) is 31.4 Å². The minimum atomic E-state index is -3.51. The van der Waals surface area contributed by atoms with Gasteiger partial charge in [-0.1, -0.05) is 18.6 Å². The molecule has 0 atom stereocenters. The normalized spacial score (nSPS) is 17.7. The summed E-state index contributed by atoms with van der Waals surface area (Å²) >= 11 is 0.